The van der Waals surface area contributed by atoms with Gasteiger partial charge >= 0.3 is 0 Å². The second kappa shape index (κ2) is 8.04. The maximum Gasteiger partial charge on any atom is 0.275 e. The van der Waals surface area contributed by atoms with Gasteiger partial charge in [0.1, 0.15) is 6.54 Å². The molecule has 0 aliphatic heterocycles. The first kappa shape index (κ1) is 19.3. The van der Waals surface area contributed by atoms with E-state index in [9.17, 15) is 14.4 Å². The lowest BCUT2D eigenvalue weighted by atomic mass is 9.99. The van der Waals surface area contributed by atoms with Crippen molar-refractivity contribution >= 4 is 28.3 Å². The van der Waals surface area contributed by atoms with Crippen molar-refractivity contribution in [2.75, 3.05) is 5.32 Å². The van der Waals surface area contributed by atoms with Crippen LogP contribution in [0.15, 0.2) is 53.3 Å². The van der Waals surface area contributed by atoms with Crippen LogP contribution in [0.25, 0.3) is 10.8 Å². The fourth-order valence-corrected chi connectivity index (χ4v) is 2.99. The van der Waals surface area contributed by atoms with E-state index >= 15 is 0 Å². The van der Waals surface area contributed by atoms with Gasteiger partial charge in [-0.1, -0.05) is 44.2 Å². The van der Waals surface area contributed by atoms with E-state index < -0.39 is 17.4 Å². The van der Waals surface area contributed by atoms with Gasteiger partial charge in [0.2, 0.25) is 5.91 Å². The quantitative estimate of drug-likeness (QED) is 0.687. The fourth-order valence-electron chi connectivity index (χ4n) is 2.99. The van der Waals surface area contributed by atoms with E-state index in [0.29, 0.717) is 17.0 Å². The molecule has 0 saturated carbocycles. The van der Waals surface area contributed by atoms with Gasteiger partial charge in [0.25, 0.3) is 11.5 Å². The second-order valence-electron chi connectivity index (χ2n) is 6.70. The molecule has 3 rings (SSSR count). The van der Waals surface area contributed by atoms with Crippen molar-refractivity contribution in [2.45, 2.75) is 32.7 Å². The lowest BCUT2D eigenvalue weighted by molar-refractivity contribution is -0.117. The van der Waals surface area contributed by atoms with Crippen LogP contribution in [0.2, 0.25) is 0 Å². The highest BCUT2D eigenvalue weighted by Gasteiger charge is 2.16. The molecule has 1 aromatic heterocycles. The average molecular weight is 378 g/mol. The summed E-state index contributed by atoms with van der Waals surface area (Å²) in [5, 5.41) is 7.40. The monoisotopic (exact) mass is 378 g/mol. The summed E-state index contributed by atoms with van der Waals surface area (Å²) < 4.78 is 0.964. The molecular formula is C21H22N4O3. The number of amides is 2. The summed E-state index contributed by atoms with van der Waals surface area (Å²) in [5.74, 6) is -0.736. The number of hydrogen-bond acceptors (Lipinski definition) is 4. The van der Waals surface area contributed by atoms with Crippen LogP contribution in [0.5, 0.6) is 0 Å². The number of carbonyl (C=O) groups excluding carboxylic acids is 2. The maximum absolute atomic E-state index is 12.6. The highest BCUT2D eigenvalue weighted by Crippen LogP contribution is 2.20. The van der Waals surface area contributed by atoms with Crippen LogP contribution in [0.3, 0.4) is 0 Å². The highest BCUT2D eigenvalue weighted by molar-refractivity contribution is 6.04. The van der Waals surface area contributed by atoms with Crippen molar-refractivity contribution in [3.8, 4) is 0 Å². The zero-order valence-corrected chi connectivity index (χ0v) is 15.8. The minimum absolute atomic E-state index is 0.0408. The zero-order valence-electron chi connectivity index (χ0n) is 15.8. The molecule has 7 nitrogen and oxygen atoms in total. The number of anilines is 1. The number of fused-ring (bicyclic) bond motifs is 1. The number of primary amides is 1. The molecule has 1 heterocycles. The molecule has 0 bridgehead atoms. The third-order valence-electron chi connectivity index (χ3n) is 4.77. The Morgan fingerprint density at radius 3 is 2.36 bits per heavy atom. The number of carbonyl (C=O) groups is 2. The van der Waals surface area contributed by atoms with Crippen LogP contribution in [0, 0.1) is 0 Å². The molecule has 0 fully saturated rings. The summed E-state index contributed by atoms with van der Waals surface area (Å²) >= 11 is 0. The van der Waals surface area contributed by atoms with Crippen LogP contribution in [0.4, 0.5) is 5.69 Å². The van der Waals surface area contributed by atoms with E-state index in [4.69, 9.17) is 5.73 Å². The Morgan fingerprint density at radius 2 is 1.75 bits per heavy atom. The van der Waals surface area contributed by atoms with Gasteiger partial charge in [0.15, 0.2) is 5.69 Å². The molecule has 0 spiro atoms. The van der Waals surface area contributed by atoms with Gasteiger partial charge in [-0.3, -0.25) is 14.4 Å². The fraction of sp³-hybridized carbons (Fsp3) is 0.238. The van der Waals surface area contributed by atoms with E-state index in [1.807, 2.05) is 24.3 Å². The van der Waals surface area contributed by atoms with Crippen molar-refractivity contribution in [3.05, 3.63) is 70.1 Å². The Morgan fingerprint density at radius 1 is 1.11 bits per heavy atom. The molecule has 3 aromatic rings. The topological polar surface area (TPSA) is 107 Å². The molecule has 144 valence electrons. The molecule has 2 amide bonds. The molecule has 1 unspecified atom stereocenters. The summed E-state index contributed by atoms with van der Waals surface area (Å²) in [4.78, 5) is 36.7. The zero-order chi connectivity index (χ0) is 20.3. The van der Waals surface area contributed by atoms with Crippen LogP contribution in [0.1, 0.15) is 42.2 Å². The lowest BCUT2D eigenvalue weighted by Crippen LogP contribution is -2.32. The standard InChI is InChI=1S/C21H22N4O3/c1-3-13(2)14-8-10-15(11-9-14)23-18(26)12-25-21(28)17-7-5-4-6-16(17)19(24-25)20(22)27/h4-11,13H,3,12H2,1-2H3,(H2,22,27)(H,23,26). The number of rotatable bonds is 6. The highest BCUT2D eigenvalue weighted by atomic mass is 16.2. The van der Waals surface area contributed by atoms with Gasteiger partial charge < -0.3 is 11.1 Å². The second-order valence-corrected chi connectivity index (χ2v) is 6.70. The summed E-state index contributed by atoms with van der Waals surface area (Å²) in [6.07, 6.45) is 1.03. The number of nitrogens with one attached hydrogen (secondary N) is 1. The Bertz CT molecular complexity index is 1090. The van der Waals surface area contributed by atoms with Gasteiger partial charge in [-0.2, -0.15) is 5.10 Å². The summed E-state index contributed by atoms with van der Waals surface area (Å²) in [6.45, 7) is 3.94. The van der Waals surface area contributed by atoms with E-state index in [1.54, 1.807) is 24.3 Å². The van der Waals surface area contributed by atoms with E-state index in [0.717, 1.165) is 11.1 Å². The number of nitrogens with zero attached hydrogens (tertiary/aromatic N) is 2. The molecular weight excluding hydrogens is 356 g/mol. The SMILES string of the molecule is CCC(C)c1ccc(NC(=O)Cn2nc(C(N)=O)c3ccccc3c2=O)cc1. The summed E-state index contributed by atoms with van der Waals surface area (Å²) in [6, 6.07) is 14.1. The van der Waals surface area contributed by atoms with Crippen molar-refractivity contribution in [1.29, 1.82) is 0 Å². The Hall–Kier alpha value is -3.48. The van der Waals surface area contributed by atoms with Gasteiger partial charge in [-0.15, -0.1) is 0 Å². The van der Waals surface area contributed by atoms with E-state index in [-0.39, 0.29) is 17.6 Å². The minimum Gasteiger partial charge on any atom is -0.364 e. The molecule has 0 radical (unpaired) electrons. The lowest BCUT2D eigenvalue weighted by Gasteiger charge is -2.12. The van der Waals surface area contributed by atoms with Crippen molar-refractivity contribution in [3.63, 3.8) is 0 Å². The van der Waals surface area contributed by atoms with Crippen LogP contribution >= 0.6 is 0 Å². The molecule has 3 N–H and O–H groups in total. The predicted octanol–water partition coefficient (Wildman–Crippen LogP) is 2.65. The van der Waals surface area contributed by atoms with Crippen molar-refractivity contribution < 1.29 is 9.59 Å². The molecule has 0 aliphatic carbocycles. The number of aromatic nitrogens is 2. The van der Waals surface area contributed by atoms with Crippen LogP contribution in [-0.2, 0) is 11.3 Å². The predicted molar refractivity (Wildman–Crippen MR) is 108 cm³/mol. The van der Waals surface area contributed by atoms with Crippen molar-refractivity contribution in [1.82, 2.24) is 9.78 Å². The average Bonchev–Trinajstić information content (AvgIpc) is 2.70. The third kappa shape index (κ3) is 3.93. The van der Waals surface area contributed by atoms with Crippen LogP contribution in [-0.4, -0.2) is 21.6 Å². The largest absolute Gasteiger partial charge is 0.364 e. The van der Waals surface area contributed by atoms with Gasteiger partial charge in [0, 0.05) is 11.1 Å². The molecule has 2 aromatic carbocycles. The summed E-state index contributed by atoms with van der Waals surface area (Å²) in [7, 11) is 0. The molecule has 28 heavy (non-hydrogen) atoms. The van der Waals surface area contributed by atoms with Gasteiger partial charge in [0.05, 0.1) is 5.39 Å². The third-order valence-corrected chi connectivity index (χ3v) is 4.77. The number of hydrogen-bond donors (Lipinski definition) is 2. The Kier molecular flexibility index (Phi) is 5.54. The maximum atomic E-state index is 12.6. The molecule has 1 atom stereocenters. The Balaban J connectivity index is 1.84. The minimum atomic E-state index is -0.758. The molecule has 0 saturated heterocycles. The van der Waals surface area contributed by atoms with Gasteiger partial charge in [-0.25, -0.2) is 4.68 Å². The normalized spacial score (nSPS) is 11.9. The van der Waals surface area contributed by atoms with E-state index in [2.05, 4.69) is 24.3 Å². The van der Waals surface area contributed by atoms with E-state index in [1.165, 1.54) is 5.56 Å². The molecule has 7 heteroatoms. The first-order chi connectivity index (χ1) is 13.4. The number of benzene rings is 2. The number of nitrogens with two attached hydrogens (primary N) is 1. The smallest absolute Gasteiger partial charge is 0.275 e. The molecule has 0 aliphatic rings. The summed E-state index contributed by atoms with van der Waals surface area (Å²) in [5.41, 5.74) is 6.71. The first-order valence-corrected chi connectivity index (χ1v) is 9.10. The first-order valence-electron chi connectivity index (χ1n) is 9.10. The van der Waals surface area contributed by atoms with Crippen molar-refractivity contribution in [2.24, 2.45) is 5.73 Å². The van der Waals surface area contributed by atoms with Gasteiger partial charge in [-0.05, 0) is 36.1 Å². The Labute approximate surface area is 162 Å². The van der Waals surface area contributed by atoms with Crippen LogP contribution < -0.4 is 16.6 Å².